The summed E-state index contributed by atoms with van der Waals surface area (Å²) < 4.78 is 6.61. The number of rotatable bonds is 4. The first-order valence-corrected chi connectivity index (χ1v) is 21.1. The quantitative estimate of drug-likeness (QED) is 0.178. The van der Waals surface area contributed by atoms with Crippen LogP contribution in [0.4, 0.5) is 17.1 Å². The molecule has 0 amide bonds. The van der Waals surface area contributed by atoms with Crippen LogP contribution in [0.2, 0.25) is 0 Å². The van der Waals surface area contributed by atoms with Crippen molar-refractivity contribution in [3.63, 3.8) is 0 Å². The smallest absolute Gasteiger partial charge is 0.137 e. The van der Waals surface area contributed by atoms with Crippen LogP contribution in [-0.4, -0.2) is 0 Å². The molecule has 3 aliphatic rings. The first kappa shape index (κ1) is 35.3. The highest BCUT2D eigenvalue weighted by molar-refractivity contribution is 6.06. The second-order valence-electron chi connectivity index (χ2n) is 19.6. The third-order valence-corrected chi connectivity index (χ3v) is 14.6. The molecule has 0 saturated carbocycles. The lowest BCUT2D eigenvalue weighted by Gasteiger charge is -2.42. The van der Waals surface area contributed by atoms with Crippen molar-refractivity contribution in [3.8, 4) is 33.4 Å². The number of benzene rings is 7. The Balaban J connectivity index is 1.22. The topological polar surface area (TPSA) is 16.4 Å². The van der Waals surface area contributed by atoms with Gasteiger partial charge in [-0.05, 0) is 127 Å². The van der Waals surface area contributed by atoms with Crippen molar-refractivity contribution >= 4 is 39.0 Å². The third kappa shape index (κ3) is 4.90. The third-order valence-electron chi connectivity index (χ3n) is 14.6. The van der Waals surface area contributed by atoms with Gasteiger partial charge in [-0.2, -0.15) is 0 Å². The Morgan fingerprint density at radius 1 is 0.397 bits per heavy atom. The Labute approximate surface area is 343 Å². The van der Waals surface area contributed by atoms with E-state index in [1.807, 2.05) is 0 Å². The Hall–Kier alpha value is -5.86. The van der Waals surface area contributed by atoms with E-state index in [1.165, 1.54) is 85.3 Å². The average molecular weight is 754 g/mol. The predicted octanol–water partition coefficient (Wildman–Crippen LogP) is 15.7. The standard InChI is InChI=1S/C56H51NO/c1-53(2)27-28-54(3,4)49-29-34(21-26-46(49)53)42-32-43-38-16-10-13-19-45(38)56(7,8)48(43)33-50(42)57(36-23-25-41-40-17-11-14-20-51(40)58-52(41)31-36)35-22-24-39-37-15-9-12-18-44(37)55(5,6)47(39)30-35/h9-26,29-33H,27-28H2,1-8H3. The van der Waals surface area contributed by atoms with E-state index in [0.717, 1.165) is 33.3 Å². The Kier molecular flexibility index (Phi) is 7.22. The van der Waals surface area contributed by atoms with Crippen molar-refractivity contribution < 1.29 is 4.42 Å². The van der Waals surface area contributed by atoms with Gasteiger partial charge in [0.1, 0.15) is 11.2 Å². The van der Waals surface area contributed by atoms with E-state index < -0.39 is 0 Å². The zero-order valence-electron chi connectivity index (χ0n) is 35.0. The molecule has 58 heavy (non-hydrogen) atoms. The molecular weight excluding hydrogens is 703 g/mol. The predicted molar refractivity (Wildman–Crippen MR) is 244 cm³/mol. The van der Waals surface area contributed by atoms with Crippen molar-refractivity contribution in [2.75, 3.05) is 4.90 Å². The van der Waals surface area contributed by atoms with Crippen LogP contribution >= 0.6 is 0 Å². The summed E-state index contributed by atoms with van der Waals surface area (Å²) in [4.78, 5) is 2.52. The Bertz CT molecular complexity index is 3020. The summed E-state index contributed by atoms with van der Waals surface area (Å²) in [5.74, 6) is 0. The fourth-order valence-electron chi connectivity index (χ4n) is 11.0. The minimum Gasteiger partial charge on any atom is -0.456 e. The number of fused-ring (bicyclic) bond motifs is 10. The molecule has 11 rings (SSSR count). The number of nitrogens with zero attached hydrogens (tertiary/aromatic N) is 1. The Morgan fingerprint density at radius 2 is 0.966 bits per heavy atom. The summed E-state index contributed by atoms with van der Waals surface area (Å²) in [5.41, 5.74) is 21.4. The molecule has 7 aromatic carbocycles. The molecule has 0 spiro atoms. The van der Waals surface area contributed by atoms with Crippen molar-refractivity contribution in [1.82, 2.24) is 0 Å². The molecule has 0 bridgehead atoms. The molecule has 0 fully saturated rings. The maximum Gasteiger partial charge on any atom is 0.137 e. The fourth-order valence-corrected chi connectivity index (χ4v) is 11.0. The maximum absolute atomic E-state index is 6.61. The van der Waals surface area contributed by atoms with Gasteiger partial charge in [0.15, 0.2) is 0 Å². The highest BCUT2D eigenvalue weighted by atomic mass is 16.3. The van der Waals surface area contributed by atoms with Gasteiger partial charge in [-0.25, -0.2) is 0 Å². The Morgan fingerprint density at radius 3 is 1.71 bits per heavy atom. The molecule has 3 aliphatic carbocycles. The summed E-state index contributed by atoms with van der Waals surface area (Å²) in [7, 11) is 0. The van der Waals surface area contributed by atoms with Gasteiger partial charge >= 0.3 is 0 Å². The van der Waals surface area contributed by atoms with Crippen molar-refractivity contribution in [2.45, 2.75) is 89.9 Å². The zero-order valence-corrected chi connectivity index (χ0v) is 35.0. The van der Waals surface area contributed by atoms with Crippen LogP contribution < -0.4 is 4.90 Å². The van der Waals surface area contributed by atoms with Gasteiger partial charge in [-0.15, -0.1) is 0 Å². The second-order valence-corrected chi connectivity index (χ2v) is 19.6. The highest BCUT2D eigenvalue weighted by Gasteiger charge is 2.40. The lowest BCUT2D eigenvalue weighted by atomic mass is 9.63. The number of furan rings is 1. The van der Waals surface area contributed by atoms with E-state index in [2.05, 4.69) is 200 Å². The normalized spacial score (nSPS) is 17.4. The highest BCUT2D eigenvalue weighted by Crippen LogP contribution is 2.56. The van der Waals surface area contributed by atoms with E-state index in [1.54, 1.807) is 0 Å². The van der Waals surface area contributed by atoms with Gasteiger partial charge in [0.25, 0.3) is 0 Å². The van der Waals surface area contributed by atoms with Crippen molar-refractivity contribution in [3.05, 3.63) is 173 Å². The van der Waals surface area contributed by atoms with Crippen LogP contribution in [0.5, 0.6) is 0 Å². The van der Waals surface area contributed by atoms with Crippen LogP contribution in [0.3, 0.4) is 0 Å². The molecule has 0 saturated heterocycles. The van der Waals surface area contributed by atoms with Crippen LogP contribution in [0.15, 0.2) is 144 Å². The minimum atomic E-state index is -0.170. The molecule has 1 heterocycles. The summed E-state index contributed by atoms with van der Waals surface area (Å²) in [6, 6.07) is 52.8. The minimum absolute atomic E-state index is 0.0823. The van der Waals surface area contributed by atoms with E-state index in [9.17, 15) is 0 Å². The molecule has 0 atom stereocenters. The first-order valence-electron chi connectivity index (χ1n) is 21.1. The van der Waals surface area contributed by atoms with Crippen molar-refractivity contribution in [1.29, 1.82) is 0 Å². The summed E-state index contributed by atoms with van der Waals surface area (Å²) >= 11 is 0. The van der Waals surface area contributed by atoms with E-state index in [-0.39, 0.29) is 21.7 Å². The molecule has 0 unspecified atom stereocenters. The van der Waals surface area contributed by atoms with Gasteiger partial charge in [0.2, 0.25) is 0 Å². The number of anilines is 3. The first-order chi connectivity index (χ1) is 27.7. The van der Waals surface area contributed by atoms with E-state index in [4.69, 9.17) is 4.42 Å². The lowest BCUT2D eigenvalue weighted by molar-refractivity contribution is 0.332. The van der Waals surface area contributed by atoms with Gasteiger partial charge < -0.3 is 9.32 Å². The molecular formula is C56H51NO. The molecule has 2 heteroatoms. The summed E-state index contributed by atoms with van der Waals surface area (Å²) in [6.07, 6.45) is 2.37. The summed E-state index contributed by atoms with van der Waals surface area (Å²) in [6.45, 7) is 19.3. The molecule has 0 aliphatic heterocycles. The molecule has 1 aromatic heterocycles. The largest absolute Gasteiger partial charge is 0.456 e. The molecule has 0 N–H and O–H groups in total. The number of hydrogen-bond donors (Lipinski definition) is 0. The van der Waals surface area contributed by atoms with Gasteiger partial charge in [0.05, 0.1) is 5.69 Å². The van der Waals surface area contributed by atoms with Crippen LogP contribution in [-0.2, 0) is 21.7 Å². The molecule has 2 nitrogen and oxygen atoms in total. The average Bonchev–Trinajstić information content (AvgIpc) is 3.78. The van der Waals surface area contributed by atoms with Crippen LogP contribution in [0.1, 0.15) is 102 Å². The fraction of sp³-hybridized carbons (Fsp3) is 0.250. The van der Waals surface area contributed by atoms with E-state index in [0.29, 0.717) is 0 Å². The summed E-state index contributed by atoms with van der Waals surface area (Å²) in [5, 5.41) is 2.28. The van der Waals surface area contributed by atoms with Crippen LogP contribution in [0, 0.1) is 0 Å². The van der Waals surface area contributed by atoms with Crippen molar-refractivity contribution in [2.24, 2.45) is 0 Å². The lowest BCUT2D eigenvalue weighted by Crippen LogP contribution is -2.33. The number of para-hydroxylation sites is 1. The second kappa shape index (κ2) is 11.9. The maximum atomic E-state index is 6.61. The van der Waals surface area contributed by atoms with Crippen LogP contribution in [0.25, 0.3) is 55.3 Å². The molecule has 0 radical (unpaired) electrons. The van der Waals surface area contributed by atoms with Gasteiger partial charge in [-0.3, -0.25) is 0 Å². The molecule has 8 aromatic rings. The van der Waals surface area contributed by atoms with Gasteiger partial charge in [-0.1, -0.05) is 146 Å². The molecule has 286 valence electrons. The van der Waals surface area contributed by atoms with Gasteiger partial charge in [0, 0.05) is 44.6 Å². The monoisotopic (exact) mass is 753 g/mol. The zero-order chi connectivity index (χ0) is 39.9. The number of hydrogen-bond acceptors (Lipinski definition) is 2. The SMILES string of the molecule is CC1(C)CCC(C)(C)c2cc(-c3cc4c(cc3N(c3ccc5c(c3)C(C)(C)c3ccccc3-5)c3ccc5c(c3)oc3ccccc35)C(C)(C)c3ccccc3-4)ccc21. The van der Waals surface area contributed by atoms with E-state index >= 15 is 0 Å².